The molecule has 138 valence electrons. The van der Waals surface area contributed by atoms with E-state index in [4.69, 9.17) is 4.74 Å². The number of rotatable bonds is 7. The van der Waals surface area contributed by atoms with Crippen LogP contribution in [-0.2, 0) is 14.3 Å². The van der Waals surface area contributed by atoms with Gasteiger partial charge in [-0.2, -0.15) is 0 Å². The first-order chi connectivity index (χ1) is 12.0. The van der Waals surface area contributed by atoms with Crippen molar-refractivity contribution in [3.63, 3.8) is 0 Å². The molecule has 0 radical (unpaired) electrons. The van der Waals surface area contributed by atoms with Gasteiger partial charge < -0.3 is 14.5 Å². The Balaban J connectivity index is 2.44. The zero-order valence-corrected chi connectivity index (χ0v) is 15.2. The maximum atomic E-state index is 14.5. The molecule has 2 rings (SSSR count). The molecule has 0 aliphatic carbocycles. The molecule has 0 saturated carbocycles. The zero-order chi connectivity index (χ0) is 18.4. The Morgan fingerprint density at radius 1 is 1.32 bits per heavy atom. The van der Waals surface area contributed by atoms with Gasteiger partial charge in [0, 0.05) is 38.7 Å². The molecule has 1 aromatic rings. The first-order valence-electron chi connectivity index (χ1n) is 8.86. The summed E-state index contributed by atoms with van der Waals surface area (Å²) in [6.07, 6.45) is 0.739. The summed E-state index contributed by atoms with van der Waals surface area (Å²) in [6, 6.07) is 5.81. The number of carbonyl (C=O) groups excluding carboxylic acids is 2. The molecule has 2 atom stereocenters. The SMILES string of the molecule is CCN(CC)C(=O)[C@@H]1CCC(=O)N(CCOC)[C@H]1c1ccccc1F. The lowest BCUT2D eigenvalue weighted by Crippen LogP contribution is -2.50. The van der Waals surface area contributed by atoms with Crippen molar-refractivity contribution < 1.29 is 18.7 Å². The maximum absolute atomic E-state index is 14.5. The number of piperidine rings is 1. The fraction of sp³-hybridized carbons (Fsp3) is 0.579. The van der Waals surface area contributed by atoms with E-state index in [0.29, 0.717) is 44.6 Å². The van der Waals surface area contributed by atoms with Gasteiger partial charge in [0.15, 0.2) is 0 Å². The van der Waals surface area contributed by atoms with Crippen LogP contribution in [0.5, 0.6) is 0 Å². The highest BCUT2D eigenvalue weighted by Gasteiger charge is 2.42. The monoisotopic (exact) mass is 350 g/mol. The van der Waals surface area contributed by atoms with E-state index in [2.05, 4.69) is 0 Å². The number of hydrogen-bond donors (Lipinski definition) is 0. The summed E-state index contributed by atoms with van der Waals surface area (Å²) in [4.78, 5) is 28.9. The molecule has 2 amide bonds. The topological polar surface area (TPSA) is 49.9 Å². The third kappa shape index (κ3) is 4.18. The van der Waals surface area contributed by atoms with E-state index in [1.165, 1.54) is 6.07 Å². The Morgan fingerprint density at radius 2 is 2.00 bits per heavy atom. The van der Waals surface area contributed by atoms with E-state index in [0.717, 1.165) is 0 Å². The van der Waals surface area contributed by atoms with Crippen LogP contribution in [-0.4, -0.2) is 55.0 Å². The molecular weight excluding hydrogens is 323 g/mol. The Bertz CT molecular complexity index is 604. The summed E-state index contributed by atoms with van der Waals surface area (Å²) < 4.78 is 19.6. The summed E-state index contributed by atoms with van der Waals surface area (Å²) in [5, 5.41) is 0. The van der Waals surface area contributed by atoms with Crippen molar-refractivity contribution in [1.82, 2.24) is 9.80 Å². The normalized spacial score (nSPS) is 20.6. The molecule has 1 aliphatic heterocycles. The number of methoxy groups -OCH3 is 1. The standard InChI is InChI=1S/C19H27FN2O3/c1-4-21(5-2)19(24)15-10-11-17(23)22(12-13-25-3)18(15)14-8-6-7-9-16(14)20/h6-9,15,18H,4-5,10-13H2,1-3H3/t15-,18+/m1/s1. The van der Waals surface area contributed by atoms with Gasteiger partial charge in [0.05, 0.1) is 18.6 Å². The third-order valence-corrected chi connectivity index (χ3v) is 4.86. The van der Waals surface area contributed by atoms with Crippen molar-refractivity contribution in [3.05, 3.63) is 35.6 Å². The summed E-state index contributed by atoms with van der Waals surface area (Å²) in [7, 11) is 1.56. The van der Waals surface area contributed by atoms with E-state index in [-0.39, 0.29) is 17.6 Å². The van der Waals surface area contributed by atoms with Gasteiger partial charge in [-0.1, -0.05) is 18.2 Å². The minimum atomic E-state index is -0.592. The number of hydrogen-bond acceptors (Lipinski definition) is 3. The smallest absolute Gasteiger partial charge is 0.228 e. The molecule has 25 heavy (non-hydrogen) atoms. The van der Waals surface area contributed by atoms with Crippen LogP contribution in [0.1, 0.15) is 38.3 Å². The summed E-state index contributed by atoms with van der Waals surface area (Å²) >= 11 is 0. The Labute approximate surface area is 148 Å². The highest BCUT2D eigenvalue weighted by Crippen LogP contribution is 2.38. The first kappa shape index (κ1) is 19.4. The molecule has 0 unspecified atom stereocenters. The average Bonchev–Trinajstić information content (AvgIpc) is 2.62. The van der Waals surface area contributed by atoms with Gasteiger partial charge in [-0.3, -0.25) is 9.59 Å². The molecule has 0 spiro atoms. The van der Waals surface area contributed by atoms with Crippen molar-refractivity contribution in [2.45, 2.75) is 32.7 Å². The molecule has 1 heterocycles. The fourth-order valence-electron chi connectivity index (χ4n) is 3.53. The van der Waals surface area contributed by atoms with Crippen molar-refractivity contribution in [2.75, 3.05) is 33.4 Å². The second-order valence-corrected chi connectivity index (χ2v) is 6.20. The van der Waals surface area contributed by atoms with Crippen LogP contribution >= 0.6 is 0 Å². The average molecular weight is 350 g/mol. The van der Waals surface area contributed by atoms with Crippen LogP contribution in [0.4, 0.5) is 4.39 Å². The van der Waals surface area contributed by atoms with Crippen LogP contribution in [0, 0.1) is 11.7 Å². The molecule has 1 saturated heterocycles. The molecule has 0 N–H and O–H groups in total. The first-order valence-corrected chi connectivity index (χ1v) is 8.86. The molecule has 6 heteroatoms. The van der Waals surface area contributed by atoms with Crippen molar-refractivity contribution in [1.29, 1.82) is 0 Å². The van der Waals surface area contributed by atoms with Crippen LogP contribution < -0.4 is 0 Å². The maximum Gasteiger partial charge on any atom is 0.228 e. The van der Waals surface area contributed by atoms with Gasteiger partial charge >= 0.3 is 0 Å². The van der Waals surface area contributed by atoms with Crippen LogP contribution in [0.15, 0.2) is 24.3 Å². The summed E-state index contributed by atoms with van der Waals surface area (Å²) in [5.41, 5.74) is 0.400. The van der Waals surface area contributed by atoms with Gasteiger partial charge in [-0.25, -0.2) is 4.39 Å². The minimum absolute atomic E-state index is 0.0202. The third-order valence-electron chi connectivity index (χ3n) is 4.86. The highest BCUT2D eigenvalue weighted by atomic mass is 19.1. The Hall–Kier alpha value is -1.95. The van der Waals surface area contributed by atoms with Crippen molar-refractivity contribution in [3.8, 4) is 0 Å². The molecule has 0 bridgehead atoms. The van der Waals surface area contributed by atoms with E-state index >= 15 is 0 Å². The second kappa shape index (κ2) is 8.94. The number of ether oxygens (including phenoxy) is 1. The van der Waals surface area contributed by atoms with Crippen LogP contribution in [0.25, 0.3) is 0 Å². The van der Waals surface area contributed by atoms with Gasteiger partial charge in [0.1, 0.15) is 5.82 Å². The number of benzene rings is 1. The van der Waals surface area contributed by atoms with E-state index < -0.39 is 12.0 Å². The lowest BCUT2D eigenvalue weighted by molar-refractivity contribution is -0.148. The molecule has 1 aromatic carbocycles. The molecule has 5 nitrogen and oxygen atoms in total. The van der Waals surface area contributed by atoms with E-state index in [1.807, 2.05) is 13.8 Å². The van der Waals surface area contributed by atoms with E-state index in [9.17, 15) is 14.0 Å². The number of carbonyl (C=O) groups is 2. The van der Waals surface area contributed by atoms with E-state index in [1.54, 1.807) is 35.1 Å². The van der Waals surface area contributed by atoms with Gasteiger partial charge in [-0.05, 0) is 26.3 Å². The van der Waals surface area contributed by atoms with Gasteiger partial charge in [0.2, 0.25) is 11.8 Å². The van der Waals surface area contributed by atoms with Crippen LogP contribution in [0.2, 0.25) is 0 Å². The molecular formula is C19H27FN2O3. The van der Waals surface area contributed by atoms with Crippen LogP contribution in [0.3, 0.4) is 0 Å². The largest absolute Gasteiger partial charge is 0.383 e. The Morgan fingerprint density at radius 3 is 2.60 bits per heavy atom. The van der Waals surface area contributed by atoms with Gasteiger partial charge in [-0.15, -0.1) is 0 Å². The zero-order valence-electron chi connectivity index (χ0n) is 15.2. The van der Waals surface area contributed by atoms with Gasteiger partial charge in [0.25, 0.3) is 0 Å². The molecule has 1 aliphatic rings. The fourth-order valence-corrected chi connectivity index (χ4v) is 3.53. The number of likely N-dealkylation sites (tertiary alicyclic amines) is 1. The minimum Gasteiger partial charge on any atom is -0.383 e. The lowest BCUT2D eigenvalue weighted by atomic mass is 9.83. The summed E-state index contributed by atoms with van der Waals surface area (Å²) in [6.45, 7) is 5.75. The number of nitrogens with zero attached hydrogens (tertiary/aromatic N) is 2. The highest BCUT2D eigenvalue weighted by molar-refractivity contribution is 5.85. The predicted octanol–water partition coefficient (Wildman–Crippen LogP) is 2.62. The Kier molecular flexibility index (Phi) is 6.93. The molecule has 1 fully saturated rings. The van der Waals surface area contributed by atoms with Crippen molar-refractivity contribution in [2.24, 2.45) is 5.92 Å². The van der Waals surface area contributed by atoms with Crippen molar-refractivity contribution >= 4 is 11.8 Å². The number of amides is 2. The summed E-state index contributed by atoms with van der Waals surface area (Å²) in [5.74, 6) is -0.907. The number of halogens is 1. The molecule has 0 aromatic heterocycles. The quantitative estimate of drug-likeness (QED) is 0.760. The predicted molar refractivity (Wildman–Crippen MR) is 93.4 cm³/mol. The second-order valence-electron chi connectivity index (χ2n) is 6.20. The lowest BCUT2D eigenvalue weighted by Gasteiger charge is -2.42.